The summed E-state index contributed by atoms with van der Waals surface area (Å²) in [7, 11) is 0. The minimum Gasteiger partial charge on any atom is -0.435 e. The van der Waals surface area contributed by atoms with Crippen molar-refractivity contribution < 1.29 is 23.4 Å². The predicted octanol–water partition coefficient (Wildman–Crippen LogP) is 0.224. The van der Waals surface area contributed by atoms with Crippen LogP contribution in [0.3, 0.4) is 0 Å². The first kappa shape index (κ1) is 14.3. The van der Waals surface area contributed by atoms with E-state index in [1.165, 1.54) is 12.1 Å². The molecule has 1 atom stereocenters. The van der Waals surface area contributed by atoms with E-state index in [1.807, 2.05) is 0 Å². The summed E-state index contributed by atoms with van der Waals surface area (Å²) in [6.45, 7) is -2.44. The van der Waals surface area contributed by atoms with Gasteiger partial charge in [0.15, 0.2) is 0 Å². The highest BCUT2D eigenvalue weighted by Crippen LogP contribution is 2.14. The fraction of sp³-hybridized carbons (Fsp3) is 0.364. The van der Waals surface area contributed by atoms with Crippen LogP contribution in [0.25, 0.3) is 0 Å². The molecule has 0 bridgehead atoms. The monoisotopic (exact) mass is 260 g/mol. The average Bonchev–Trinajstić information content (AvgIpc) is 2.30. The van der Waals surface area contributed by atoms with Gasteiger partial charge in [0, 0.05) is 13.1 Å². The van der Waals surface area contributed by atoms with Crippen LogP contribution >= 0.6 is 0 Å². The summed E-state index contributed by atoms with van der Waals surface area (Å²) >= 11 is 0. The first-order valence-corrected chi connectivity index (χ1v) is 5.21. The van der Waals surface area contributed by atoms with Crippen molar-refractivity contribution in [3.8, 4) is 5.75 Å². The summed E-state index contributed by atoms with van der Waals surface area (Å²) in [6, 6.07) is 6.02. The largest absolute Gasteiger partial charge is 0.435 e. The fourth-order valence-electron chi connectivity index (χ4n) is 1.24. The zero-order valence-corrected chi connectivity index (χ0v) is 9.48. The maximum Gasteiger partial charge on any atom is 0.387 e. The molecule has 0 saturated heterocycles. The molecule has 0 aliphatic rings. The molecule has 1 aromatic rings. The van der Waals surface area contributed by atoms with Crippen LogP contribution in [0.5, 0.6) is 5.75 Å². The minimum atomic E-state index is -2.85. The smallest absolute Gasteiger partial charge is 0.387 e. The lowest BCUT2D eigenvalue weighted by atomic mass is 10.2. The van der Waals surface area contributed by atoms with Crippen LogP contribution in [-0.2, 0) is 11.3 Å². The molecule has 1 amide bonds. The van der Waals surface area contributed by atoms with E-state index in [0.29, 0.717) is 6.54 Å². The molecule has 1 rings (SSSR count). The zero-order chi connectivity index (χ0) is 13.5. The lowest BCUT2D eigenvalue weighted by molar-refractivity contribution is -0.125. The number of benzene rings is 1. The van der Waals surface area contributed by atoms with Crippen molar-refractivity contribution in [2.45, 2.75) is 19.3 Å². The Bertz CT molecular complexity index is 384. The highest BCUT2D eigenvalue weighted by Gasteiger charge is 2.09. The van der Waals surface area contributed by atoms with Gasteiger partial charge in [-0.25, -0.2) is 0 Å². The first-order valence-electron chi connectivity index (χ1n) is 5.21. The summed E-state index contributed by atoms with van der Waals surface area (Å²) in [4.78, 5) is 10.5. The number of carbonyl (C=O) groups is 1. The van der Waals surface area contributed by atoms with Crippen LogP contribution in [0, 0.1) is 0 Å². The van der Waals surface area contributed by atoms with Gasteiger partial charge in [-0.3, -0.25) is 4.79 Å². The van der Waals surface area contributed by atoms with Gasteiger partial charge in [-0.2, -0.15) is 8.78 Å². The van der Waals surface area contributed by atoms with Gasteiger partial charge in [-0.05, 0) is 17.7 Å². The lowest BCUT2D eigenvalue weighted by Crippen LogP contribution is -2.37. The third-order valence-corrected chi connectivity index (χ3v) is 2.14. The number of nitrogens with two attached hydrogens (primary N) is 1. The number of ether oxygens (including phenoxy) is 1. The molecule has 1 aromatic carbocycles. The number of hydrogen-bond donors (Lipinski definition) is 3. The van der Waals surface area contributed by atoms with Gasteiger partial charge in [0.1, 0.15) is 11.9 Å². The van der Waals surface area contributed by atoms with E-state index in [1.54, 1.807) is 12.1 Å². The minimum absolute atomic E-state index is 0.0324. The molecular weight excluding hydrogens is 246 g/mol. The molecule has 100 valence electrons. The summed E-state index contributed by atoms with van der Waals surface area (Å²) in [5, 5.41) is 11.9. The van der Waals surface area contributed by atoms with Crippen molar-refractivity contribution >= 4 is 5.91 Å². The molecule has 0 saturated carbocycles. The Labute approximate surface area is 103 Å². The number of carbonyl (C=O) groups excluding carboxylic acids is 1. The van der Waals surface area contributed by atoms with Crippen molar-refractivity contribution in [3.63, 3.8) is 0 Å². The average molecular weight is 260 g/mol. The van der Waals surface area contributed by atoms with Gasteiger partial charge in [0.05, 0.1) is 0 Å². The molecule has 18 heavy (non-hydrogen) atoms. The standard InChI is InChI=1S/C11H14F2N2O3/c12-11(13)18-8-3-1-7(2-4-8)5-15-6-9(16)10(14)17/h1-4,9,11,15-16H,5-6H2,(H2,14,17). The van der Waals surface area contributed by atoms with Crippen LogP contribution < -0.4 is 15.8 Å². The van der Waals surface area contributed by atoms with E-state index >= 15 is 0 Å². The zero-order valence-electron chi connectivity index (χ0n) is 9.48. The van der Waals surface area contributed by atoms with Gasteiger partial charge < -0.3 is 20.9 Å². The lowest BCUT2D eigenvalue weighted by Gasteiger charge is -2.09. The Morgan fingerprint density at radius 3 is 2.50 bits per heavy atom. The van der Waals surface area contributed by atoms with Gasteiger partial charge in [-0.1, -0.05) is 12.1 Å². The summed E-state index contributed by atoms with van der Waals surface area (Å²) in [5.41, 5.74) is 5.66. The normalized spacial score (nSPS) is 12.4. The number of alkyl halides is 2. The van der Waals surface area contributed by atoms with Gasteiger partial charge in [0.25, 0.3) is 0 Å². The van der Waals surface area contributed by atoms with Crippen molar-refractivity contribution in [2.75, 3.05) is 6.54 Å². The molecule has 0 fully saturated rings. The Balaban J connectivity index is 2.37. The maximum atomic E-state index is 11.9. The number of hydrogen-bond acceptors (Lipinski definition) is 4. The number of amides is 1. The highest BCUT2D eigenvalue weighted by molar-refractivity contribution is 5.78. The van der Waals surface area contributed by atoms with Gasteiger partial charge >= 0.3 is 6.61 Å². The summed E-state index contributed by atoms with van der Waals surface area (Å²) < 4.78 is 28.0. The molecule has 4 N–H and O–H groups in total. The highest BCUT2D eigenvalue weighted by atomic mass is 19.3. The second-order valence-corrected chi connectivity index (χ2v) is 3.57. The first-order chi connectivity index (χ1) is 8.49. The molecule has 0 aliphatic carbocycles. The second-order valence-electron chi connectivity index (χ2n) is 3.57. The number of aliphatic hydroxyl groups excluding tert-OH is 1. The molecule has 0 heterocycles. The topological polar surface area (TPSA) is 84.6 Å². The quantitative estimate of drug-likeness (QED) is 0.655. The summed E-state index contributed by atoms with van der Waals surface area (Å²) in [6.07, 6.45) is -1.24. The fourth-order valence-corrected chi connectivity index (χ4v) is 1.24. The van der Waals surface area contributed by atoms with E-state index in [-0.39, 0.29) is 12.3 Å². The maximum absolute atomic E-state index is 11.9. The molecule has 0 aromatic heterocycles. The van der Waals surface area contributed by atoms with E-state index in [9.17, 15) is 13.6 Å². The molecular formula is C11H14F2N2O3. The van der Waals surface area contributed by atoms with Crippen LogP contribution in [0.2, 0.25) is 0 Å². The van der Waals surface area contributed by atoms with Crippen molar-refractivity contribution in [1.29, 1.82) is 0 Å². The van der Waals surface area contributed by atoms with Gasteiger partial charge in [0.2, 0.25) is 5.91 Å². The van der Waals surface area contributed by atoms with Crippen LogP contribution in [-0.4, -0.2) is 30.3 Å². The molecule has 0 aliphatic heterocycles. The Morgan fingerprint density at radius 1 is 1.39 bits per heavy atom. The second kappa shape index (κ2) is 6.87. The molecule has 1 unspecified atom stereocenters. The van der Waals surface area contributed by atoms with Crippen molar-refractivity contribution in [3.05, 3.63) is 29.8 Å². The molecule has 7 heteroatoms. The Kier molecular flexibility index (Phi) is 5.47. The molecule has 0 radical (unpaired) electrons. The van der Waals surface area contributed by atoms with E-state index in [0.717, 1.165) is 5.56 Å². The number of aliphatic hydroxyl groups is 1. The number of rotatable bonds is 7. The molecule has 5 nitrogen and oxygen atoms in total. The van der Waals surface area contributed by atoms with E-state index in [4.69, 9.17) is 10.8 Å². The Morgan fingerprint density at radius 2 is 2.00 bits per heavy atom. The summed E-state index contributed by atoms with van der Waals surface area (Å²) in [5.74, 6) is -0.728. The van der Waals surface area contributed by atoms with E-state index in [2.05, 4.69) is 10.1 Å². The van der Waals surface area contributed by atoms with Crippen molar-refractivity contribution in [1.82, 2.24) is 5.32 Å². The number of primary amides is 1. The SMILES string of the molecule is NC(=O)C(O)CNCc1ccc(OC(F)F)cc1. The third kappa shape index (κ3) is 5.07. The Hall–Kier alpha value is -1.73. The third-order valence-electron chi connectivity index (χ3n) is 2.14. The van der Waals surface area contributed by atoms with E-state index < -0.39 is 18.6 Å². The predicted molar refractivity (Wildman–Crippen MR) is 60.0 cm³/mol. The van der Waals surface area contributed by atoms with Crippen molar-refractivity contribution in [2.24, 2.45) is 5.73 Å². The van der Waals surface area contributed by atoms with Crippen LogP contribution in [0.4, 0.5) is 8.78 Å². The number of nitrogens with one attached hydrogen (secondary N) is 1. The van der Waals surface area contributed by atoms with Crippen LogP contribution in [0.1, 0.15) is 5.56 Å². The van der Waals surface area contributed by atoms with Gasteiger partial charge in [-0.15, -0.1) is 0 Å². The molecule has 0 spiro atoms. The number of halogens is 2. The van der Waals surface area contributed by atoms with Crippen LogP contribution in [0.15, 0.2) is 24.3 Å².